The molecular weight excluding hydrogens is 372 g/mol. The van der Waals surface area contributed by atoms with Crippen LogP contribution in [0.15, 0.2) is 64.8 Å². The molecule has 0 bridgehead atoms. The molecule has 0 unspecified atom stereocenters. The number of hydrogen-bond acceptors (Lipinski definition) is 5. The number of amides is 1. The lowest BCUT2D eigenvalue weighted by molar-refractivity contribution is 0.227. The summed E-state index contributed by atoms with van der Waals surface area (Å²) in [5.74, 6) is 1.46. The van der Waals surface area contributed by atoms with Gasteiger partial charge in [-0.1, -0.05) is 43.8 Å². The zero-order chi connectivity index (χ0) is 20.1. The van der Waals surface area contributed by atoms with Gasteiger partial charge in [0.05, 0.1) is 12.7 Å². The van der Waals surface area contributed by atoms with Crippen LogP contribution in [0.1, 0.15) is 36.8 Å². The third-order valence-electron chi connectivity index (χ3n) is 4.17. The van der Waals surface area contributed by atoms with E-state index in [1.165, 1.54) is 21.2 Å². The van der Waals surface area contributed by atoms with E-state index >= 15 is 0 Å². The summed E-state index contributed by atoms with van der Waals surface area (Å²) in [5, 5.41) is 2.39. The smallest absolute Gasteiger partial charge is 0.318 e. The summed E-state index contributed by atoms with van der Waals surface area (Å²) in [6.45, 7) is 7.31. The Morgan fingerprint density at radius 1 is 1.11 bits per heavy atom. The molecule has 2 aromatic heterocycles. The third kappa shape index (κ3) is 5.13. The fourth-order valence-electron chi connectivity index (χ4n) is 2.61. The first-order valence-electron chi connectivity index (χ1n) is 9.10. The SMILES string of the molecule is CN1OC1=O.Cc1nc(C(C)C)c(Sc2ccccc2)n1Cc1ccncc1. The standard InChI is InChI=1S/C19H21N3S.C2H3NO2/c1-14(2)18-19(23-17-7-5-4-6-8-17)22(15(3)21-18)13-16-9-11-20-12-10-16;1-3-2(4)5-3/h4-12,14H,13H2,1-3H3;1H3. The van der Waals surface area contributed by atoms with E-state index in [0.29, 0.717) is 5.92 Å². The van der Waals surface area contributed by atoms with Crippen molar-refractivity contribution in [3.05, 3.63) is 71.9 Å². The molecule has 146 valence electrons. The van der Waals surface area contributed by atoms with E-state index in [-0.39, 0.29) is 6.09 Å². The minimum atomic E-state index is -0.245. The van der Waals surface area contributed by atoms with Gasteiger partial charge in [-0.2, -0.15) is 0 Å². The number of aromatic nitrogens is 3. The Morgan fingerprint density at radius 2 is 1.71 bits per heavy atom. The highest BCUT2D eigenvalue weighted by Crippen LogP contribution is 2.35. The molecule has 3 heterocycles. The Balaban J connectivity index is 0.000000391. The van der Waals surface area contributed by atoms with Crippen LogP contribution in [0.25, 0.3) is 0 Å². The molecule has 0 atom stereocenters. The Morgan fingerprint density at radius 3 is 2.25 bits per heavy atom. The van der Waals surface area contributed by atoms with Crippen LogP contribution >= 0.6 is 11.8 Å². The number of aryl methyl sites for hydroxylation is 1. The van der Waals surface area contributed by atoms with Crippen LogP contribution in [0.4, 0.5) is 4.79 Å². The molecule has 0 saturated carbocycles. The third-order valence-corrected chi connectivity index (χ3v) is 5.30. The maximum Gasteiger partial charge on any atom is 0.467 e. The van der Waals surface area contributed by atoms with E-state index in [1.807, 2.05) is 18.5 Å². The number of pyridine rings is 1. The van der Waals surface area contributed by atoms with Crippen molar-refractivity contribution >= 4 is 17.9 Å². The Kier molecular flexibility index (Phi) is 6.36. The van der Waals surface area contributed by atoms with E-state index in [9.17, 15) is 4.79 Å². The topological polar surface area (TPSA) is 63.3 Å². The maximum atomic E-state index is 9.59. The second-order valence-electron chi connectivity index (χ2n) is 6.72. The predicted octanol–water partition coefficient (Wildman–Crippen LogP) is 4.89. The van der Waals surface area contributed by atoms with E-state index in [4.69, 9.17) is 4.98 Å². The normalized spacial score (nSPS) is 12.5. The lowest BCUT2D eigenvalue weighted by atomic mass is 10.1. The van der Waals surface area contributed by atoms with Crippen LogP contribution in [-0.2, 0) is 11.4 Å². The van der Waals surface area contributed by atoms with Crippen LogP contribution in [0, 0.1) is 6.92 Å². The molecule has 1 aliphatic rings. The summed E-state index contributed by atoms with van der Waals surface area (Å²) in [4.78, 5) is 23.9. The lowest BCUT2D eigenvalue weighted by Crippen LogP contribution is -2.04. The van der Waals surface area contributed by atoms with Gasteiger partial charge in [0.1, 0.15) is 10.9 Å². The molecule has 0 spiro atoms. The van der Waals surface area contributed by atoms with Crippen LogP contribution in [-0.4, -0.2) is 32.7 Å². The number of hydrogen-bond donors (Lipinski definition) is 0. The van der Waals surface area contributed by atoms with E-state index in [1.54, 1.807) is 18.8 Å². The number of hydroxylamine groups is 2. The van der Waals surface area contributed by atoms with Crippen LogP contribution in [0.5, 0.6) is 0 Å². The molecule has 7 heteroatoms. The zero-order valence-corrected chi connectivity index (χ0v) is 17.3. The number of nitrogens with zero attached hydrogens (tertiary/aromatic N) is 4. The molecule has 1 aliphatic heterocycles. The minimum absolute atomic E-state index is 0.245. The van der Waals surface area contributed by atoms with Crippen molar-refractivity contribution in [3.8, 4) is 0 Å². The van der Waals surface area contributed by atoms with Gasteiger partial charge in [-0.3, -0.25) is 4.98 Å². The summed E-state index contributed by atoms with van der Waals surface area (Å²) in [5.41, 5.74) is 2.41. The minimum Gasteiger partial charge on any atom is -0.318 e. The summed E-state index contributed by atoms with van der Waals surface area (Å²) >= 11 is 1.79. The molecule has 0 aliphatic carbocycles. The highest BCUT2D eigenvalue weighted by Gasteiger charge is 2.28. The maximum absolute atomic E-state index is 9.59. The van der Waals surface area contributed by atoms with Gasteiger partial charge in [0.15, 0.2) is 0 Å². The average Bonchev–Trinajstić information content (AvgIpc) is 3.25. The molecule has 28 heavy (non-hydrogen) atoms. The number of carbonyl (C=O) groups excluding carboxylic acids is 1. The first-order chi connectivity index (χ1) is 13.5. The lowest BCUT2D eigenvalue weighted by Gasteiger charge is -2.12. The highest BCUT2D eigenvalue weighted by atomic mass is 32.2. The molecule has 6 nitrogen and oxygen atoms in total. The summed E-state index contributed by atoms with van der Waals surface area (Å²) in [6.07, 6.45) is 3.44. The molecule has 1 amide bonds. The Labute approximate surface area is 169 Å². The van der Waals surface area contributed by atoms with Crippen molar-refractivity contribution in [1.82, 2.24) is 19.6 Å². The summed E-state index contributed by atoms with van der Waals surface area (Å²) < 4.78 is 2.31. The van der Waals surface area contributed by atoms with Gasteiger partial charge in [-0.05, 0) is 42.7 Å². The van der Waals surface area contributed by atoms with Crippen molar-refractivity contribution < 1.29 is 9.63 Å². The second-order valence-corrected chi connectivity index (χ2v) is 7.78. The van der Waals surface area contributed by atoms with Gasteiger partial charge in [-0.15, -0.1) is 5.06 Å². The van der Waals surface area contributed by atoms with Crippen LogP contribution in [0.3, 0.4) is 0 Å². The molecule has 1 saturated heterocycles. The molecule has 1 aromatic carbocycles. The molecule has 4 rings (SSSR count). The van der Waals surface area contributed by atoms with Crippen LogP contribution in [0.2, 0.25) is 0 Å². The van der Waals surface area contributed by atoms with Gasteiger partial charge in [0.25, 0.3) is 0 Å². The molecule has 0 radical (unpaired) electrons. The Bertz CT molecular complexity index is 926. The van der Waals surface area contributed by atoms with Crippen molar-refractivity contribution in [1.29, 1.82) is 0 Å². The molecule has 1 fully saturated rings. The van der Waals surface area contributed by atoms with Gasteiger partial charge >= 0.3 is 6.09 Å². The van der Waals surface area contributed by atoms with Crippen molar-refractivity contribution in [2.45, 2.75) is 43.2 Å². The van der Waals surface area contributed by atoms with Gasteiger partial charge in [0.2, 0.25) is 0 Å². The zero-order valence-electron chi connectivity index (χ0n) is 16.5. The Hall–Kier alpha value is -2.80. The van der Waals surface area contributed by atoms with Gasteiger partial charge in [-0.25, -0.2) is 9.78 Å². The van der Waals surface area contributed by atoms with Gasteiger partial charge in [0, 0.05) is 23.8 Å². The molecule has 0 N–H and O–H groups in total. The molecule has 3 aromatic rings. The first kappa shape index (κ1) is 19.9. The largest absolute Gasteiger partial charge is 0.467 e. The monoisotopic (exact) mass is 396 g/mol. The summed E-state index contributed by atoms with van der Waals surface area (Å²) in [6, 6.07) is 14.6. The summed E-state index contributed by atoms with van der Waals surface area (Å²) in [7, 11) is 1.56. The van der Waals surface area contributed by atoms with Crippen molar-refractivity contribution in [2.24, 2.45) is 0 Å². The van der Waals surface area contributed by atoms with Gasteiger partial charge < -0.3 is 9.40 Å². The fourth-order valence-corrected chi connectivity index (χ4v) is 3.81. The average molecular weight is 397 g/mol. The predicted molar refractivity (Wildman–Crippen MR) is 109 cm³/mol. The first-order valence-corrected chi connectivity index (χ1v) is 9.92. The van der Waals surface area contributed by atoms with E-state index in [0.717, 1.165) is 17.4 Å². The van der Waals surface area contributed by atoms with Crippen molar-refractivity contribution in [2.75, 3.05) is 7.05 Å². The number of imidazole rings is 1. The number of carbonyl (C=O) groups is 1. The van der Waals surface area contributed by atoms with E-state index < -0.39 is 0 Å². The van der Waals surface area contributed by atoms with Crippen molar-refractivity contribution in [3.63, 3.8) is 0 Å². The second kappa shape index (κ2) is 8.93. The number of rotatable bonds is 5. The quantitative estimate of drug-likeness (QED) is 0.575. The molecular formula is C21H24N4O2S. The fraction of sp³-hybridized carbons (Fsp3) is 0.286. The highest BCUT2D eigenvalue weighted by molar-refractivity contribution is 7.99. The van der Waals surface area contributed by atoms with Crippen LogP contribution < -0.4 is 0 Å². The number of benzene rings is 1. The van der Waals surface area contributed by atoms with E-state index in [2.05, 4.69) is 71.6 Å².